The van der Waals surface area contributed by atoms with Crippen molar-refractivity contribution in [1.82, 2.24) is 4.98 Å². The van der Waals surface area contributed by atoms with E-state index >= 15 is 0 Å². The first-order valence-corrected chi connectivity index (χ1v) is 7.62. The Morgan fingerprint density at radius 3 is 2.58 bits per heavy atom. The Hall–Kier alpha value is -0.890. The highest BCUT2D eigenvalue weighted by atomic mass is 16.3. The monoisotopic (exact) mass is 261 g/mol. The van der Waals surface area contributed by atoms with E-state index in [0.29, 0.717) is 12.3 Å². The molecule has 2 heteroatoms. The van der Waals surface area contributed by atoms with E-state index in [0.717, 1.165) is 12.1 Å². The summed E-state index contributed by atoms with van der Waals surface area (Å²) < 4.78 is 0. The van der Waals surface area contributed by atoms with Crippen LogP contribution in [0.25, 0.3) is 0 Å². The van der Waals surface area contributed by atoms with Gasteiger partial charge in [-0.2, -0.15) is 0 Å². The fourth-order valence-corrected chi connectivity index (χ4v) is 3.70. The zero-order chi connectivity index (χ0) is 13.9. The predicted molar refractivity (Wildman–Crippen MR) is 79.0 cm³/mol. The quantitative estimate of drug-likeness (QED) is 0.872. The molecule has 0 aliphatic heterocycles. The van der Waals surface area contributed by atoms with E-state index < -0.39 is 0 Å². The summed E-state index contributed by atoms with van der Waals surface area (Å²) in [5.41, 5.74) is 2.39. The third-order valence-corrected chi connectivity index (χ3v) is 4.63. The van der Waals surface area contributed by atoms with Crippen molar-refractivity contribution >= 4 is 0 Å². The minimum Gasteiger partial charge on any atom is -0.392 e. The number of rotatable bonds is 5. The summed E-state index contributed by atoms with van der Waals surface area (Å²) in [7, 11) is 0. The molecule has 2 rings (SSSR count). The van der Waals surface area contributed by atoms with E-state index in [1.807, 2.05) is 12.3 Å². The van der Waals surface area contributed by atoms with Gasteiger partial charge in [-0.1, -0.05) is 32.8 Å². The van der Waals surface area contributed by atoms with Crippen LogP contribution >= 0.6 is 0 Å². The molecule has 1 atom stereocenters. The minimum absolute atomic E-state index is 0.137. The molecule has 0 bridgehead atoms. The van der Waals surface area contributed by atoms with Gasteiger partial charge in [0.25, 0.3) is 0 Å². The first-order valence-electron chi connectivity index (χ1n) is 7.62. The number of aliphatic hydroxyl groups excluding tert-OH is 1. The van der Waals surface area contributed by atoms with Crippen LogP contribution in [0, 0.1) is 18.3 Å². The molecule has 1 fully saturated rings. The van der Waals surface area contributed by atoms with Crippen molar-refractivity contribution < 1.29 is 5.11 Å². The Morgan fingerprint density at radius 2 is 2.00 bits per heavy atom. The van der Waals surface area contributed by atoms with E-state index in [1.54, 1.807) is 0 Å². The van der Waals surface area contributed by atoms with Crippen molar-refractivity contribution in [2.75, 3.05) is 0 Å². The lowest BCUT2D eigenvalue weighted by atomic mass is 9.72. The molecule has 0 amide bonds. The summed E-state index contributed by atoms with van der Waals surface area (Å²) in [5.74, 6) is 0.651. The van der Waals surface area contributed by atoms with E-state index in [2.05, 4.69) is 31.8 Å². The summed E-state index contributed by atoms with van der Waals surface area (Å²) >= 11 is 0. The molecule has 1 aromatic rings. The smallest absolute Gasteiger partial charge is 0.0651 e. The third-order valence-electron chi connectivity index (χ3n) is 4.63. The van der Waals surface area contributed by atoms with Gasteiger partial charge in [0, 0.05) is 18.3 Å². The lowest BCUT2D eigenvalue weighted by Crippen LogP contribution is -2.36. The van der Waals surface area contributed by atoms with Gasteiger partial charge in [-0.3, -0.25) is 4.98 Å². The maximum atomic E-state index is 10.8. The summed E-state index contributed by atoms with van der Waals surface area (Å²) in [4.78, 5) is 4.44. The Kier molecular flexibility index (Phi) is 4.62. The highest BCUT2D eigenvalue weighted by molar-refractivity contribution is 5.19. The second-order valence-electron chi connectivity index (χ2n) is 6.65. The Labute approximate surface area is 117 Å². The topological polar surface area (TPSA) is 33.1 Å². The zero-order valence-electron chi connectivity index (χ0n) is 12.5. The summed E-state index contributed by atoms with van der Waals surface area (Å²) in [6.45, 7) is 6.61. The molecule has 1 unspecified atom stereocenters. The van der Waals surface area contributed by atoms with Gasteiger partial charge in [0.1, 0.15) is 0 Å². The van der Waals surface area contributed by atoms with Gasteiger partial charge < -0.3 is 5.11 Å². The molecule has 1 heterocycles. The molecule has 1 N–H and O–H groups in total. The number of hydrogen-bond acceptors (Lipinski definition) is 2. The van der Waals surface area contributed by atoms with Gasteiger partial charge in [0.15, 0.2) is 0 Å². The van der Waals surface area contributed by atoms with Gasteiger partial charge in [0.2, 0.25) is 0 Å². The molecular formula is C17H27NO. The summed E-state index contributed by atoms with van der Waals surface area (Å²) in [6, 6.07) is 4.05. The van der Waals surface area contributed by atoms with Crippen molar-refractivity contribution in [3.8, 4) is 0 Å². The van der Waals surface area contributed by atoms with Crippen LogP contribution in [-0.2, 0) is 6.42 Å². The van der Waals surface area contributed by atoms with E-state index in [4.69, 9.17) is 0 Å². The normalized spacial score (nSPS) is 19.8. The number of pyridine rings is 1. The molecular weight excluding hydrogens is 234 g/mol. The first kappa shape index (κ1) is 14.5. The van der Waals surface area contributed by atoms with Crippen LogP contribution in [0.4, 0.5) is 0 Å². The number of aromatic nitrogens is 1. The minimum atomic E-state index is -0.244. The lowest BCUT2D eigenvalue weighted by Gasteiger charge is -2.36. The van der Waals surface area contributed by atoms with Crippen LogP contribution in [0.2, 0.25) is 0 Å². The van der Waals surface area contributed by atoms with Crippen LogP contribution in [0.15, 0.2) is 18.3 Å². The van der Waals surface area contributed by atoms with E-state index in [-0.39, 0.29) is 11.5 Å². The van der Waals surface area contributed by atoms with Gasteiger partial charge in [-0.15, -0.1) is 0 Å². The third kappa shape index (κ3) is 3.36. The summed E-state index contributed by atoms with van der Waals surface area (Å²) in [6.07, 6.45) is 8.33. The van der Waals surface area contributed by atoms with Crippen LogP contribution in [0.5, 0.6) is 0 Å². The Bertz CT molecular complexity index is 407. The Morgan fingerprint density at radius 1 is 1.32 bits per heavy atom. The van der Waals surface area contributed by atoms with Crippen LogP contribution in [0.3, 0.4) is 0 Å². The maximum Gasteiger partial charge on any atom is 0.0651 e. The fourth-order valence-electron chi connectivity index (χ4n) is 3.70. The average Bonchev–Trinajstić information content (AvgIpc) is 2.81. The second kappa shape index (κ2) is 6.04. The number of hydrogen-bond donors (Lipinski definition) is 1. The number of aryl methyl sites for hydroxylation is 1. The molecule has 1 aliphatic carbocycles. The number of nitrogens with zero attached hydrogens (tertiary/aromatic N) is 1. The predicted octanol–water partition coefficient (Wildman–Crippen LogP) is 3.90. The highest BCUT2D eigenvalue weighted by Crippen LogP contribution is 2.46. The zero-order valence-corrected chi connectivity index (χ0v) is 12.5. The van der Waals surface area contributed by atoms with Gasteiger partial charge in [-0.25, -0.2) is 0 Å². The lowest BCUT2D eigenvalue weighted by molar-refractivity contribution is 0.0126. The largest absolute Gasteiger partial charge is 0.392 e. The average molecular weight is 261 g/mol. The fraction of sp³-hybridized carbons (Fsp3) is 0.706. The van der Waals surface area contributed by atoms with Crippen molar-refractivity contribution in [3.63, 3.8) is 0 Å². The molecule has 0 spiro atoms. The Balaban J connectivity index is 2.12. The van der Waals surface area contributed by atoms with Gasteiger partial charge in [0.05, 0.1) is 6.10 Å². The van der Waals surface area contributed by atoms with Crippen molar-refractivity contribution in [2.45, 2.75) is 65.4 Å². The van der Waals surface area contributed by atoms with E-state index in [1.165, 1.54) is 31.2 Å². The van der Waals surface area contributed by atoms with Crippen LogP contribution < -0.4 is 0 Å². The highest BCUT2D eigenvalue weighted by Gasteiger charge is 2.40. The second-order valence-corrected chi connectivity index (χ2v) is 6.65. The molecule has 2 nitrogen and oxygen atoms in total. The maximum absolute atomic E-state index is 10.8. The first-order chi connectivity index (χ1) is 9.03. The van der Waals surface area contributed by atoms with Crippen LogP contribution in [0.1, 0.15) is 57.2 Å². The van der Waals surface area contributed by atoms with Crippen molar-refractivity contribution in [1.29, 1.82) is 0 Å². The van der Waals surface area contributed by atoms with Crippen molar-refractivity contribution in [3.05, 3.63) is 29.6 Å². The molecule has 1 saturated carbocycles. The summed E-state index contributed by atoms with van der Waals surface area (Å²) in [5, 5.41) is 10.8. The van der Waals surface area contributed by atoms with Gasteiger partial charge in [-0.05, 0) is 49.1 Å². The number of aliphatic hydroxyl groups is 1. The van der Waals surface area contributed by atoms with Crippen LogP contribution in [-0.4, -0.2) is 16.2 Å². The van der Waals surface area contributed by atoms with Crippen molar-refractivity contribution in [2.24, 2.45) is 11.3 Å². The molecule has 1 aromatic heterocycles. The SMILES string of the molecule is Cc1cccnc1CC(O)C1(CC(C)C)CCCC1. The standard InChI is InChI=1S/C17H27NO/c1-13(2)12-17(8-4-5-9-17)16(19)11-15-14(3)7-6-10-18-15/h6-7,10,13,16,19H,4-5,8-9,11-12H2,1-3H3. The van der Waals surface area contributed by atoms with Gasteiger partial charge >= 0.3 is 0 Å². The molecule has 106 valence electrons. The molecule has 0 saturated heterocycles. The molecule has 19 heavy (non-hydrogen) atoms. The molecule has 0 aromatic carbocycles. The molecule has 0 radical (unpaired) electrons. The molecule has 1 aliphatic rings. The van der Waals surface area contributed by atoms with E-state index in [9.17, 15) is 5.11 Å².